The van der Waals surface area contributed by atoms with E-state index in [4.69, 9.17) is 0 Å². The summed E-state index contributed by atoms with van der Waals surface area (Å²) in [6, 6.07) is 31.8. The molecule has 1 aromatic carbocycles. The van der Waals surface area contributed by atoms with Crippen LogP contribution in [0.1, 0.15) is 323 Å². The van der Waals surface area contributed by atoms with Crippen molar-refractivity contribution in [3.8, 4) is 0 Å². The highest BCUT2D eigenvalue weighted by molar-refractivity contribution is 7.09. The van der Waals surface area contributed by atoms with Gasteiger partial charge in [0.05, 0.1) is 33.9 Å². The molecule has 13 rings (SSSR count). The van der Waals surface area contributed by atoms with Crippen LogP contribution in [0.5, 0.6) is 0 Å². The van der Waals surface area contributed by atoms with Crippen LogP contribution in [-0.2, 0) is 93.2 Å². The van der Waals surface area contributed by atoms with E-state index in [9.17, 15) is 5.21 Å². The minimum absolute atomic E-state index is 0.0665. The predicted molar refractivity (Wildman–Crippen MR) is 518 cm³/mol. The molecule has 678 valence electrons. The van der Waals surface area contributed by atoms with Crippen LogP contribution >= 0.6 is 11.3 Å². The molecule has 12 heterocycles. The lowest BCUT2D eigenvalue weighted by Crippen LogP contribution is -2.37. The number of aromatic nitrogens is 21. The second-order valence-corrected chi connectivity index (χ2v) is 43.8. The Bertz CT molecular complexity index is 4730. The van der Waals surface area contributed by atoms with Gasteiger partial charge in [-0.05, 0) is 61.5 Å². The predicted octanol–water partition coefficient (Wildman–Crippen LogP) is 23.6. The highest BCUT2D eigenvalue weighted by Crippen LogP contribution is 2.30. The molecule has 13 aromatic rings. The number of nitrogens with zero attached hydrogens (tertiary/aromatic N) is 20. The highest BCUT2D eigenvalue weighted by Gasteiger charge is 2.25. The lowest BCUT2D eigenvalue weighted by Gasteiger charge is -2.18. The average molecular weight is 1710 g/mol. The van der Waals surface area contributed by atoms with Crippen LogP contribution in [0.25, 0.3) is 10.9 Å². The number of imidazole rings is 2. The molecule has 0 bridgehead atoms. The number of thiazole rings is 1. The number of H-pyrrole nitrogens is 1. The van der Waals surface area contributed by atoms with E-state index in [0.29, 0.717) is 0 Å². The van der Waals surface area contributed by atoms with Gasteiger partial charge in [-0.2, -0.15) is 14.9 Å². The maximum Gasteiger partial charge on any atom is 0.198 e. The number of para-hydroxylation sites is 1. The number of hydrogen-bond acceptors (Lipinski definition) is 17. The van der Waals surface area contributed by atoms with E-state index in [0.717, 1.165) is 56.2 Å². The molecule has 12 aromatic heterocycles. The first-order chi connectivity index (χ1) is 56.7. The minimum Gasteiger partial charge on any atom is -0.618 e. The zero-order valence-corrected chi connectivity index (χ0v) is 84.6. The average Bonchev–Trinajstić information content (AvgIpc) is 1.63. The lowest BCUT2D eigenvalue weighted by molar-refractivity contribution is -0.617. The number of benzene rings is 1. The SMILES string of the molecule is CC(C)(C)c1cccc[n+]1[O-].CC(C)(C)c1ccccn1.CC(C)(C)c1ccn[nH]1.CC(C)(C)c1ccncn1.CC(C)(C)c1cnccn1.CC(C)(C)c1ncccn1.CC(C)(C)c1nccs1.Cc1cccc(C(C)(C)C)n1.Cn1cc(C(C)(C)C)nn1.Cn1ccnc1C(C)(C)C.Cn1cncc1C(C)(C)C.Cn1nc(C(C)(C)C)c2ccccc21. The number of fused-ring (bicyclic) bond motifs is 1. The van der Waals surface area contributed by atoms with E-state index >= 15 is 0 Å². The van der Waals surface area contributed by atoms with Crippen LogP contribution in [-0.4, -0.2) is 98.9 Å². The number of aromatic amines is 1. The van der Waals surface area contributed by atoms with E-state index in [1.165, 1.54) is 39.2 Å². The first-order valence-corrected chi connectivity index (χ1v) is 43.5. The molecule has 0 aliphatic rings. The zero-order chi connectivity index (χ0) is 94.9. The van der Waals surface area contributed by atoms with Gasteiger partial charge in [-0.25, -0.2) is 34.9 Å². The quantitative estimate of drug-likeness (QED) is 0.109. The Hall–Kier alpha value is -10.4. The van der Waals surface area contributed by atoms with Crippen LogP contribution in [0.15, 0.2) is 202 Å². The molecule has 0 radical (unpaired) electrons. The van der Waals surface area contributed by atoms with Crippen molar-refractivity contribution in [3.63, 3.8) is 0 Å². The number of aryl methyl sites for hydroxylation is 5. The molecule has 22 nitrogen and oxygen atoms in total. The van der Waals surface area contributed by atoms with Crippen molar-refractivity contribution in [3.05, 3.63) is 281 Å². The van der Waals surface area contributed by atoms with Crippen LogP contribution in [0.3, 0.4) is 0 Å². The topological polar surface area (TPSA) is 256 Å². The van der Waals surface area contributed by atoms with Gasteiger partial charge in [0.1, 0.15) is 18.0 Å². The summed E-state index contributed by atoms with van der Waals surface area (Å²) in [6.45, 7) is 79.1. The number of nitrogens with one attached hydrogen (secondary N) is 1. The molecule has 0 atom stereocenters. The van der Waals surface area contributed by atoms with Gasteiger partial charge in [0, 0.05) is 231 Å². The van der Waals surface area contributed by atoms with Gasteiger partial charge in [0.15, 0.2) is 11.9 Å². The smallest absolute Gasteiger partial charge is 0.198 e. The standard InChI is InChI=1S/C12H16N2.C10H15N.C9H13NO.C9H13N.2C8H14N2.3C8H12N2.C7H13N3.C7H12N2.C7H11NS/c1-12(2,3)11-9-7-5-6-8-10(9)14(4)13-11;1-8-6-5-7-9(11-8)10(2,3)4;1-9(2,3)8-6-4-5-7-10(8)11;1-9(2,3)8-6-4-5-7-10-8;1-8(2,3)7-5-9-6-10(7)4;1-8(2,3)7-9-5-6-10(7)4;1-8(2,3)7-6-9-4-5-10-7;1-8(2,3)7-4-5-9-6-10-7;1-8(2,3)7-9-5-4-6-10-7;1-7(2,3)6-5-10(4)9-8-6;1-7(2,3)6-4-5-8-9-6;1-7(2,3)6-8-4-5-9-6/h5-8H,1-4H3;5-7H,1-4H3;4-7H,1-3H3;4-7H,1-3H3;2*5-6H,1-4H3;3*4-6H,1-3H3;5H,1-4H3;4-5H,1-3H3,(H,8,9);4-5H,1-3H3. The molecular formula is C101H157N21OS. The Morgan fingerprint density at radius 3 is 1.27 bits per heavy atom. The van der Waals surface area contributed by atoms with Crippen molar-refractivity contribution in [1.82, 2.24) is 98.9 Å². The van der Waals surface area contributed by atoms with Crippen molar-refractivity contribution in [2.45, 2.75) is 321 Å². The van der Waals surface area contributed by atoms with E-state index in [1.807, 2.05) is 158 Å². The molecule has 0 aliphatic heterocycles. The summed E-state index contributed by atoms with van der Waals surface area (Å²) in [5, 5.41) is 34.9. The van der Waals surface area contributed by atoms with Crippen molar-refractivity contribution in [1.29, 1.82) is 0 Å². The molecule has 0 spiro atoms. The lowest BCUT2D eigenvalue weighted by atomic mass is 9.90. The summed E-state index contributed by atoms with van der Waals surface area (Å²) in [4.78, 5) is 45.6. The van der Waals surface area contributed by atoms with Crippen LogP contribution in [0.2, 0.25) is 0 Å². The van der Waals surface area contributed by atoms with Crippen molar-refractivity contribution in [2.24, 2.45) is 28.2 Å². The maximum absolute atomic E-state index is 11.2. The Kier molecular flexibility index (Phi) is 42.1. The third kappa shape index (κ3) is 41.8. The van der Waals surface area contributed by atoms with Gasteiger partial charge in [0.25, 0.3) is 0 Å². The molecule has 0 unspecified atom stereocenters. The summed E-state index contributed by atoms with van der Waals surface area (Å²) >= 11 is 1.72. The first-order valence-electron chi connectivity index (χ1n) is 42.7. The molecule has 0 saturated heterocycles. The van der Waals surface area contributed by atoms with Gasteiger partial charge >= 0.3 is 0 Å². The van der Waals surface area contributed by atoms with E-state index < -0.39 is 0 Å². The fraction of sp³-hybridized carbons (Fsp3) is 0.525. The van der Waals surface area contributed by atoms with Crippen LogP contribution in [0.4, 0.5) is 0 Å². The fourth-order valence-corrected chi connectivity index (χ4v) is 11.5. The summed E-state index contributed by atoms with van der Waals surface area (Å²) in [5.74, 6) is 2.03. The summed E-state index contributed by atoms with van der Waals surface area (Å²) in [6.07, 6.45) is 28.6. The molecule has 0 aliphatic carbocycles. The second kappa shape index (κ2) is 47.6. The van der Waals surface area contributed by atoms with Crippen molar-refractivity contribution in [2.75, 3.05) is 0 Å². The first kappa shape index (κ1) is 110. The van der Waals surface area contributed by atoms with E-state index in [2.05, 4.69) is 361 Å². The Morgan fingerprint density at radius 1 is 0.395 bits per heavy atom. The van der Waals surface area contributed by atoms with Crippen LogP contribution < -0.4 is 4.73 Å². The highest BCUT2D eigenvalue weighted by atomic mass is 32.1. The van der Waals surface area contributed by atoms with Crippen molar-refractivity contribution >= 4 is 22.2 Å². The second-order valence-electron chi connectivity index (χ2n) is 42.9. The molecule has 1 N–H and O–H groups in total. The molecule has 0 amide bonds. The molecular weight excluding hydrogens is 1560 g/mol. The summed E-state index contributed by atoms with van der Waals surface area (Å²) in [5.41, 5.74) is 13.9. The maximum atomic E-state index is 11.2. The largest absolute Gasteiger partial charge is 0.618 e. The summed E-state index contributed by atoms with van der Waals surface area (Å²) < 4.78 is 8.70. The third-order valence-corrected chi connectivity index (χ3v) is 19.1. The van der Waals surface area contributed by atoms with E-state index in [1.54, 1.807) is 71.8 Å². The van der Waals surface area contributed by atoms with Gasteiger partial charge in [-0.15, -0.1) is 16.4 Å². The third-order valence-electron chi connectivity index (χ3n) is 17.9. The molecule has 124 heavy (non-hydrogen) atoms. The number of hydrogen-bond donors (Lipinski definition) is 1. The monoisotopic (exact) mass is 1710 g/mol. The summed E-state index contributed by atoms with van der Waals surface area (Å²) in [7, 11) is 7.92. The Morgan fingerprint density at radius 2 is 0.952 bits per heavy atom. The fourth-order valence-electron chi connectivity index (χ4n) is 10.8. The van der Waals surface area contributed by atoms with Gasteiger partial charge < -0.3 is 14.3 Å². The van der Waals surface area contributed by atoms with E-state index in [-0.39, 0.29) is 65.0 Å². The van der Waals surface area contributed by atoms with Gasteiger partial charge in [-0.1, -0.05) is 285 Å². The molecule has 0 saturated carbocycles. The van der Waals surface area contributed by atoms with Crippen molar-refractivity contribution < 1.29 is 4.73 Å². The Labute approximate surface area is 751 Å². The van der Waals surface area contributed by atoms with Gasteiger partial charge in [-0.3, -0.25) is 34.4 Å². The number of pyridine rings is 3. The normalized spacial score (nSPS) is 11.8. The van der Waals surface area contributed by atoms with Crippen LogP contribution in [0, 0.1) is 12.1 Å². The minimum atomic E-state index is -0.0665. The molecule has 23 heteroatoms. The van der Waals surface area contributed by atoms with Gasteiger partial charge in [0.2, 0.25) is 0 Å². The number of rotatable bonds is 0. The zero-order valence-electron chi connectivity index (χ0n) is 83.8. The Balaban J connectivity index is 0.000000459. The molecule has 0 fully saturated rings.